The predicted octanol–water partition coefficient (Wildman–Crippen LogP) is 3.07. The van der Waals surface area contributed by atoms with E-state index in [-0.39, 0.29) is 0 Å². The monoisotopic (exact) mass is 275 g/mol. The first kappa shape index (κ1) is 15.5. The summed E-state index contributed by atoms with van der Waals surface area (Å²) in [5, 5.41) is 3.75. The molecule has 0 aromatic carbocycles. The van der Waals surface area contributed by atoms with Crippen molar-refractivity contribution in [2.75, 3.05) is 20.1 Å². The van der Waals surface area contributed by atoms with E-state index in [2.05, 4.69) is 41.3 Å². The van der Waals surface area contributed by atoms with Gasteiger partial charge in [-0.1, -0.05) is 19.8 Å². The zero-order chi connectivity index (χ0) is 14.2. The van der Waals surface area contributed by atoms with Gasteiger partial charge in [-0.3, -0.25) is 4.98 Å². The summed E-state index contributed by atoms with van der Waals surface area (Å²) < 4.78 is 0. The largest absolute Gasteiger partial charge is 0.314 e. The maximum Gasteiger partial charge on any atom is 0.0271 e. The first-order chi connectivity index (χ1) is 9.79. The lowest BCUT2D eigenvalue weighted by molar-refractivity contribution is 0.185. The van der Waals surface area contributed by atoms with Crippen LogP contribution in [0.15, 0.2) is 24.5 Å². The molecule has 1 aliphatic carbocycles. The molecule has 1 aromatic heterocycles. The number of nitrogens with zero attached hydrogens (tertiary/aromatic N) is 2. The van der Waals surface area contributed by atoms with Crippen molar-refractivity contribution in [2.24, 2.45) is 5.92 Å². The molecule has 0 radical (unpaired) electrons. The highest BCUT2D eigenvalue weighted by molar-refractivity contribution is 5.09. The number of hydrogen-bond donors (Lipinski definition) is 1. The molecule has 0 amide bonds. The van der Waals surface area contributed by atoms with Crippen LogP contribution >= 0.6 is 0 Å². The number of pyridine rings is 1. The highest BCUT2D eigenvalue weighted by Crippen LogP contribution is 2.25. The van der Waals surface area contributed by atoms with Crippen LogP contribution in [0.4, 0.5) is 0 Å². The molecule has 2 unspecified atom stereocenters. The van der Waals surface area contributed by atoms with Crippen molar-refractivity contribution in [2.45, 2.75) is 51.6 Å². The molecule has 1 N–H and O–H groups in total. The van der Waals surface area contributed by atoms with Crippen molar-refractivity contribution in [3.63, 3.8) is 0 Å². The van der Waals surface area contributed by atoms with E-state index >= 15 is 0 Å². The van der Waals surface area contributed by atoms with E-state index in [1.54, 1.807) is 0 Å². The van der Waals surface area contributed by atoms with Crippen LogP contribution in [-0.4, -0.2) is 36.1 Å². The van der Waals surface area contributed by atoms with Gasteiger partial charge in [0.2, 0.25) is 0 Å². The highest BCUT2D eigenvalue weighted by Gasteiger charge is 2.25. The van der Waals surface area contributed by atoms with Gasteiger partial charge >= 0.3 is 0 Å². The van der Waals surface area contributed by atoms with Gasteiger partial charge in [0.15, 0.2) is 0 Å². The van der Waals surface area contributed by atoms with E-state index in [0.717, 1.165) is 25.0 Å². The van der Waals surface area contributed by atoms with Crippen molar-refractivity contribution in [1.82, 2.24) is 15.2 Å². The standard InChI is InChI=1S/C17H29N3/c1-3-10-19-17-7-5-4-6-16(17)14-20(2)13-15-8-11-18-12-9-15/h8-9,11-12,16-17,19H,3-7,10,13-14H2,1-2H3. The second kappa shape index (κ2) is 8.38. The Labute approximate surface area is 123 Å². The molecule has 3 nitrogen and oxygen atoms in total. The average molecular weight is 275 g/mol. The number of nitrogens with one attached hydrogen (secondary N) is 1. The Bertz CT molecular complexity index is 366. The van der Waals surface area contributed by atoms with Crippen LogP contribution in [0.2, 0.25) is 0 Å². The normalized spacial score (nSPS) is 23.1. The molecule has 20 heavy (non-hydrogen) atoms. The van der Waals surface area contributed by atoms with Gasteiger partial charge in [0.25, 0.3) is 0 Å². The van der Waals surface area contributed by atoms with Crippen molar-refractivity contribution in [1.29, 1.82) is 0 Å². The lowest BCUT2D eigenvalue weighted by atomic mass is 9.84. The van der Waals surface area contributed by atoms with E-state index in [1.807, 2.05) is 12.4 Å². The van der Waals surface area contributed by atoms with Crippen molar-refractivity contribution < 1.29 is 0 Å². The third kappa shape index (κ3) is 4.88. The summed E-state index contributed by atoms with van der Waals surface area (Å²) in [7, 11) is 2.24. The van der Waals surface area contributed by atoms with Crippen LogP contribution < -0.4 is 5.32 Å². The van der Waals surface area contributed by atoms with Crippen molar-refractivity contribution in [3.8, 4) is 0 Å². The molecule has 0 aliphatic heterocycles. The lowest BCUT2D eigenvalue weighted by Crippen LogP contribution is -2.43. The summed E-state index contributed by atoms with van der Waals surface area (Å²) in [4.78, 5) is 6.55. The Morgan fingerprint density at radius 1 is 1.25 bits per heavy atom. The lowest BCUT2D eigenvalue weighted by Gasteiger charge is -2.35. The van der Waals surface area contributed by atoms with Gasteiger partial charge < -0.3 is 10.2 Å². The molecular weight excluding hydrogens is 246 g/mol. The zero-order valence-electron chi connectivity index (χ0n) is 13.0. The Balaban J connectivity index is 1.83. The van der Waals surface area contributed by atoms with Crippen molar-refractivity contribution >= 4 is 0 Å². The zero-order valence-corrected chi connectivity index (χ0v) is 13.0. The quantitative estimate of drug-likeness (QED) is 0.829. The molecule has 2 rings (SSSR count). The van der Waals surface area contributed by atoms with E-state index in [1.165, 1.54) is 44.2 Å². The minimum Gasteiger partial charge on any atom is -0.314 e. The first-order valence-corrected chi connectivity index (χ1v) is 8.10. The van der Waals surface area contributed by atoms with E-state index < -0.39 is 0 Å². The summed E-state index contributed by atoms with van der Waals surface area (Å²) in [6.07, 6.45) is 10.5. The fourth-order valence-corrected chi connectivity index (χ4v) is 3.29. The third-order valence-corrected chi connectivity index (χ3v) is 4.31. The summed E-state index contributed by atoms with van der Waals surface area (Å²) in [5.41, 5.74) is 1.36. The molecule has 1 aliphatic rings. The third-order valence-electron chi connectivity index (χ3n) is 4.31. The topological polar surface area (TPSA) is 28.2 Å². The molecule has 112 valence electrons. The first-order valence-electron chi connectivity index (χ1n) is 8.10. The molecule has 2 atom stereocenters. The highest BCUT2D eigenvalue weighted by atomic mass is 15.1. The van der Waals surface area contributed by atoms with Crippen LogP contribution in [0.3, 0.4) is 0 Å². The van der Waals surface area contributed by atoms with Crippen LogP contribution in [0.25, 0.3) is 0 Å². The van der Waals surface area contributed by atoms with Crippen LogP contribution in [0, 0.1) is 5.92 Å². The second-order valence-electron chi connectivity index (χ2n) is 6.16. The summed E-state index contributed by atoms with van der Waals surface area (Å²) >= 11 is 0. The minimum absolute atomic E-state index is 0.726. The Hall–Kier alpha value is -0.930. The van der Waals surface area contributed by atoms with Crippen molar-refractivity contribution in [3.05, 3.63) is 30.1 Å². The predicted molar refractivity (Wildman–Crippen MR) is 84.6 cm³/mol. The van der Waals surface area contributed by atoms with Crippen LogP contribution in [-0.2, 0) is 6.54 Å². The molecular formula is C17H29N3. The van der Waals surface area contributed by atoms with Gasteiger partial charge in [0.1, 0.15) is 0 Å². The van der Waals surface area contributed by atoms with Gasteiger partial charge in [0.05, 0.1) is 0 Å². The molecule has 1 heterocycles. The Morgan fingerprint density at radius 2 is 2.00 bits per heavy atom. The van der Waals surface area contributed by atoms with E-state index in [4.69, 9.17) is 0 Å². The maximum atomic E-state index is 4.09. The average Bonchev–Trinajstić information content (AvgIpc) is 2.47. The Kier molecular flexibility index (Phi) is 6.48. The van der Waals surface area contributed by atoms with Gasteiger partial charge in [-0.15, -0.1) is 0 Å². The maximum absolute atomic E-state index is 4.09. The van der Waals surface area contributed by atoms with E-state index in [9.17, 15) is 0 Å². The Morgan fingerprint density at radius 3 is 2.75 bits per heavy atom. The fraction of sp³-hybridized carbons (Fsp3) is 0.706. The molecule has 1 saturated carbocycles. The SMILES string of the molecule is CCCNC1CCCCC1CN(C)Cc1ccncc1. The molecule has 0 saturated heterocycles. The molecule has 1 aromatic rings. The van der Waals surface area contributed by atoms with E-state index in [0.29, 0.717) is 0 Å². The smallest absolute Gasteiger partial charge is 0.0271 e. The number of aromatic nitrogens is 1. The fourth-order valence-electron chi connectivity index (χ4n) is 3.29. The van der Waals surface area contributed by atoms with Gasteiger partial charge in [-0.05, 0) is 56.5 Å². The van der Waals surface area contributed by atoms with Gasteiger partial charge in [-0.2, -0.15) is 0 Å². The number of hydrogen-bond acceptors (Lipinski definition) is 3. The molecule has 0 bridgehead atoms. The molecule has 0 spiro atoms. The van der Waals surface area contributed by atoms with Crippen LogP contribution in [0.1, 0.15) is 44.6 Å². The second-order valence-corrected chi connectivity index (χ2v) is 6.16. The number of rotatable bonds is 7. The molecule has 1 fully saturated rings. The van der Waals surface area contributed by atoms with Crippen LogP contribution in [0.5, 0.6) is 0 Å². The van der Waals surface area contributed by atoms with Gasteiger partial charge in [-0.25, -0.2) is 0 Å². The minimum atomic E-state index is 0.726. The molecule has 3 heteroatoms. The van der Waals surface area contributed by atoms with Gasteiger partial charge in [0, 0.05) is 31.5 Å². The summed E-state index contributed by atoms with van der Waals surface area (Å²) in [6.45, 7) is 5.64. The summed E-state index contributed by atoms with van der Waals surface area (Å²) in [5.74, 6) is 0.808. The summed E-state index contributed by atoms with van der Waals surface area (Å²) in [6, 6.07) is 4.96.